The van der Waals surface area contributed by atoms with Crippen molar-refractivity contribution in [2.75, 3.05) is 38.2 Å². The van der Waals surface area contributed by atoms with E-state index < -0.39 is 0 Å². The maximum Gasteiger partial charge on any atom is 0.223 e. The topological polar surface area (TPSA) is 45.7 Å². The van der Waals surface area contributed by atoms with Gasteiger partial charge in [-0.05, 0) is 30.2 Å². The fourth-order valence-electron chi connectivity index (χ4n) is 2.95. The Hall–Kier alpha value is -2.63. The van der Waals surface area contributed by atoms with Gasteiger partial charge in [0.1, 0.15) is 17.4 Å². The fraction of sp³-hybridized carbons (Fsp3) is 0.368. The smallest absolute Gasteiger partial charge is 0.223 e. The maximum absolute atomic E-state index is 12.9. The summed E-state index contributed by atoms with van der Waals surface area (Å²) in [6.07, 6.45) is 2.81. The van der Waals surface area contributed by atoms with E-state index >= 15 is 0 Å². The van der Waals surface area contributed by atoms with Gasteiger partial charge in [0, 0.05) is 44.9 Å². The highest BCUT2D eigenvalue weighted by atomic mass is 19.1. The zero-order valence-electron chi connectivity index (χ0n) is 14.3. The van der Waals surface area contributed by atoms with E-state index in [0.29, 0.717) is 25.9 Å². The van der Waals surface area contributed by atoms with Crippen LogP contribution >= 0.6 is 0 Å². The van der Waals surface area contributed by atoms with Crippen LogP contribution < -0.4 is 9.64 Å². The first-order chi connectivity index (χ1) is 12.2. The van der Waals surface area contributed by atoms with Crippen molar-refractivity contribution in [1.29, 1.82) is 0 Å². The first kappa shape index (κ1) is 17.2. The molecule has 1 aromatic heterocycles. The zero-order valence-corrected chi connectivity index (χ0v) is 14.3. The molecule has 25 heavy (non-hydrogen) atoms. The van der Waals surface area contributed by atoms with Crippen LogP contribution in [0, 0.1) is 5.82 Å². The molecule has 6 heteroatoms. The van der Waals surface area contributed by atoms with Crippen LogP contribution in [0.2, 0.25) is 0 Å². The molecule has 0 atom stereocenters. The predicted octanol–water partition coefficient (Wildman–Crippen LogP) is 2.51. The lowest BCUT2D eigenvalue weighted by Gasteiger charge is -2.35. The highest BCUT2D eigenvalue weighted by Gasteiger charge is 2.21. The van der Waals surface area contributed by atoms with Crippen LogP contribution in [0.15, 0.2) is 42.6 Å². The van der Waals surface area contributed by atoms with Crippen LogP contribution in [0.25, 0.3) is 0 Å². The number of aromatic nitrogens is 1. The van der Waals surface area contributed by atoms with E-state index in [-0.39, 0.29) is 11.7 Å². The van der Waals surface area contributed by atoms with Crippen LogP contribution in [0.3, 0.4) is 0 Å². The first-order valence-corrected chi connectivity index (χ1v) is 8.43. The number of aryl methyl sites for hydroxylation is 1. The molecule has 1 amide bonds. The number of ether oxygens (including phenoxy) is 1. The largest absolute Gasteiger partial charge is 0.497 e. The van der Waals surface area contributed by atoms with Crippen molar-refractivity contribution in [3.05, 3.63) is 54.0 Å². The number of hydrogen-bond acceptors (Lipinski definition) is 4. The second kappa shape index (κ2) is 7.96. The highest BCUT2D eigenvalue weighted by Crippen LogP contribution is 2.19. The Morgan fingerprint density at radius 1 is 1.16 bits per heavy atom. The number of rotatable bonds is 5. The van der Waals surface area contributed by atoms with Crippen LogP contribution in [0.5, 0.6) is 5.75 Å². The minimum atomic E-state index is -0.252. The molecule has 2 heterocycles. The van der Waals surface area contributed by atoms with Crippen molar-refractivity contribution in [3.63, 3.8) is 0 Å². The average molecular weight is 343 g/mol. The molecule has 1 aliphatic heterocycles. The third-order valence-electron chi connectivity index (χ3n) is 4.45. The second-order valence-electron chi connectivity index (χ2n) is 6.05. The van der Waals surface area contributed by atoms with Gasteiger partial charge < -0.3 is 14.5 Å². The molecule has 0 bridgehead atoms. The molecule has 0 N–H and O–H groups in total. The molecular formula is C19H22FN3O2. The standard InChI is InChI=1S/C19H22FN3O2/c1-25-17-8-9-21-18(14-17)22-10-12-23(13-11-22)19(24)7-4-15-2-5-16(20)6-3-15/h2-3,5-6,8-9,14H,4,7,10-13H2,1H3. The Morgan fingerprint density at radius 3 is 2.56 bits per heavy atom. The van der Waals surface area contributed by atoms with Gasteiger partial charge in [-0.2, -0.15) is 0 Å². The predicted molar refractivity (Wildman–Crippen MR) is 94.3 cm³/mol. The summed E-state index contributed by atoms with van der Waals surface area (Å²) in [6.45, 7) is 2.87. The third-order valence-corrected chi connectivity index (χ3v) is 4.45. The lowest BCUT2D eigenvalue weighted by atomic mass is 10.1. The summed E-state index contributed by atoms with van der Waals surface area (Å²) < 4.78 is 18.1. The Balaban J connectivity index is 1.49. The van der Waals surface area contributed by atoms with Crippen molar-refractivity contribution >= 4 is 11.7 Å². The monoisotopic (exact) mass is 343 g/mol. The first-order valence-electron chi connectivity index (χ1n) is 8.43. The molecule has 0 saturated carbocycles. The molecule has 1 saturated heterocycles. The normalized spacial score (nSPS) is 14.5. The van der Waals surface area contributed by atoms with E-state index in [2.05, 4.69) is 9.88 Å². The molecule has 1 aliphatic rings. The molecule has 0 unspecified atom stereocenters. The third kappa shape index (κ3) is 4.47. The number of amides is 1. The number of pyridine rings is 1. The Kier molecular flexibility index (Phi) is 5.48. The summed E-state index contributed by atoms with van der Waals surface area (Å²) in [5.74, 6) is 1.54. The molecule has 1 fully saturated rings. The zero-order chi connectivity index (χ0) is 17.6. The Bertz CT molecular complexity index is 713. The van der Waals surface area contributed by atoms with Gasteiger partial charge in [0.25, 0.3) is 0 Å². The van der Waals surface area contributed by atoms with Gasteiger partial charge in [-0.15, -0.1) is 0 Å². The average Bonchev–Trinajstić information content (AvgIpc) is 2.67. The van der Waals surface area contributed by atoms with Crippen molar-refractivity contribution < 1.29 is 13.9 Å². The van der Waals surface area contributed by atoms with Crippen molar-refractivity contribution in [3.8, 4) is 5.75 Å². The number of methoxy groups -OCH3 is 1. The van der Waals surface area contributed by atoms with E-state index in [4.69, 9.17) is 4.74 Å². The molecule has 0 radical (unpaired) electrons. The van der Waals surface area contributed by atoms with Crippen LogP contribution in [0.4, 0.5) is 10.2 Å². The summed E-state index contributed by atoms with van der Waals surface area (Å²) in [5.41, 5.74) is 0.981. The van der Waals surface area contributed by atoms with E-state index in [1.165, 1.54) is 12.1 Å². The minimum Gasteiger partial charge on any atom is -0.497 e. The number of carbonyl (C=O) groups is 1. The molecule has 1 aromatic carbocycles. The SMILES string of the molecule is COc1ccnc(N2CCN(C(=O)CCc3ccc(F)cc3)CC2)c1. The second-order valence-corrected chi connectivity index (χ2v) is 6.05. The minimum absolute atomic E-state index is 0.141. The number of anilines is 1. The summed E-state index contributed by atoms with van der Waals surface area (Å²) in [4.78, 5) is 20.8. The summed E-state index contributed by atoms with van der Waals surface area (Å²) in [5, 5.41) is 0. The lowest BCUT2D eigenvalue weighted by molar-refractivity contribution is -0.131. The van der Waals surface area contributed by atoms with Gasteiger partial charge in [-0.25, -0.2) is 9.37 Å². The number of benzene rings is 1. The number of halogens is 1. The van der Waals surface area contributed by atoms with E-state index in [0.717, 1.165) is 30.2 Å². The van der Waals surface area contributed by atoms with Crippen LogP contribution in [-0.4, -0.2) is 49.1 Å². The molecule has 2 aromatic rings. The summed E-state index contributed by atoms with van der Waals surface area (Å²) >= 11 is 0. The van der Waals surface area contributed by atoms with E-state index in [1.807, 2.05) is 17.0 Å². The van der Waals surface area contributed by atoms with Gasteiger partial charge in [-0.1, -0.05) is 12.1 Å². The van der Waals surface area contributed by atoms with E-state index in [9.17, 15) is 9.18 Å². The van der Waals surface area contributed by atoms with Gasteiger partial charge in [0.2, 0.25) is 5.91 Å². The quantitative estimate of drug-likeness (QED) is 0.837. The lowest BCUT2D eigenvalue weighted by Crippen LogP contribution is -2.49. The van der Waals surface area contributed by atoms with Crippen molar-refractivity contribution in [1.82, 2.24) is 9.88 Å². The van der Waals surface area contributed by atoms with Crippen molar-refractivity contribution in [2.24, 2.45) is 0 Å². The molecule has 3 rings (SSSR count). The van der Waals surface area contributed by atoms with Crippen LogP contribution in [-0.2, 0) is 11.2 Å². The Labute approximate surface area is 147 Å². The van der Waals surface area contributed by atoms with Gasteiger partial charge in [0.05, 0.1) is 7.11 Å². The molecule has 0 aliphatic carbocycles. The van der Waals surface area contributed by atoms with Crippen molar-refractivity contribution in [2.45, 2.75) is 12.8 Å². The molecule has 0 spiro atoms. The molecule has 132 valence electrons. The highest BCUT2D eigenvalue weighted by molar-refractivity contribution is 5.76. The number of hydrogen-bond donors (Lipinski definition) is 0. The van der Waals surface area contributed by atoms with Gasteiger partial charge >= 0.3 is 0 Å². The number of carbonyl (C=O) groups excluding carboxylic acids is 1. The van der Waals surface area contributed by atoms with Crippen LogP contribution in [0.1, 0.15) is 12.0 Å². The molecule has 5 nitrogen and oxygen atoms in total. The van der Waals surface area contributed by atoms with Gasteiger partial charge in [-0.3, -0.25) is 4.79 Å². The maximum atomic E-state index is 12.9. The Morgan fingerprint density at radius 2 is 1.88 bits per heavy atom. The summed E-state index contributed by atoms with van der Waals surface area (Å²) in [7, 11) is 1.64. The number of piperazine rings is 1. The molecular weight excluding hydrogens is 321 g/mol. The number of nitrogens with zero attached hydrogens (tertiary/aromatic N) is 3. The fourth-order valence-corrected chi connectivity index (χ4v) is 2.95. The van der Waals surface area contributed by atoms with E-state index in [1.54, 1.807) is 25.4 Å². The summed E-state index contributed by atoms with van der Waals surface area (Å²) in [6, 6.07) is 10.0. The van der Waals surface area contributed by atoms with Gasteiger partial charge in [0.15, 0.2) is 0 Å².